The van der Waals surface area contributed by atoms with Gasteiger partial charge in [0.1, 0.15) is 17.4 Å². The van der Waals surface area contributed by atoms with Crippen LogP contribution in [0.3, 0.4) is 0 Å². The molecule has 0 aliphatic rings. The lowest BCUT2D eigenvalue weighted by Gasteiger charge is -2.06. The molecule has 150 valence electrons. The van der Waals surface area contributed by atoms with Gasteiger partial charge in [-0.1, -0.05) is 66.7 Å². The van der Waals surface area contributed by atoms with E-state index in [4.69, 9.17) is 0 Å². The normalized spacial score (nSPS) is 10.7. The summed E-state index contributed by atoms with van der Waals surface area (Å²) < 4.78 is 0. The fraction of sp³-hybridized carbons (Fsp3) is 0. The molecular formula is C24H17N5O2. The van der Waals surface area contributed by atoms with E-state index in [2.05, 4.69) is 20.5 Å². The van der Waals surface area contributed by atoms with E-state index in [-0.39, 0.29) is 17.3 Å². The second-order valence-electron chi connectivity index (χ2n) is 6.66. The second-order valence-corrected chi connectivity index (χ2v) is 6.66. The molecule has 0 amide bonds. The molecule has 1 aromatic heterocycles. The molecule has 0 fully saturated rings. The summed E-state index contributed by atoms with van der Waals surface area (Å²) in [6, 6.07) is 25.6. The Morgan fingerprint density at radius 3 is 2.42 bits per heavy atom. The zero-order valence-corrected chi connectivity index (χ0v) is 16.3. The highest BCUT2D eigenvalue weighted by atomic mass is 16.3. The first-order chi connectivity index (χ1) is 15.1. The first kappa shape index (κ1) is 19.6. The molecule has 31 heavy (non-hydrogen) atoms. The van der Waals surface area contributed by atoms with Crippen LogP contribution in [0.4, 0.5) is 5.95 Å². The van der Waals surface area contributed by atoms with E-state index in [0.717, 1.165) is 16.7 Å². The molecule has 0 aliphatic heterocycles. The average molecular weight is 407 g/mol. The Morgan fingerprint density at radius 2 is 1.71 bits per heavy atom. The number of nitrogens with one attached hydrogen (secondary N) is 2. The van der Waals surface area contributed by atoms with E-state index < -0.39 is 5.56 Å². The van der Waals surface area contributed by atoms with Gasteiger partial charge in [0.15, 0.2) is 0 Å². The number of benzene rings is 3. The molecule has 0 saturated heterocycles. The molecule has 3 N–H and O–H groups in total. The third-order valence-corrected chi connectivity index (χ3v) is 4.55. The van der Waals surface area contributed by atoms with Crippen LogP contribution in [0.15, 0.2) is 88.8 Å². The van der Waals surface area contributed by atoms with Crippen LogP contribution in [-0.4, -0.2) is 21.3 Å². The van der Waals surface area contributed by atoms with Crippen LogP contribution in [-0.2, 0) is 0 Å². The van der Waals surface area contributed by atoms with Gasteiger partial charge in [-0.3, -0.25) is 9.78 Å². The summed E-state index contributed by atoms with van der Waals surface area (Å²) in [4.78, 5) is 19.1. The predicted octanol–water partition coefficient (Wildman–Crippen LogP) is 4.13. The van der Waals surface area contributed by atoms with Crippen molar-refractivity contribution < 1.29 is 5.11 Å². The number of aromatic nitrogens is 2. The van der Waals surface area contributed by atoms with E-state index in [1.165, 1.54) is 0 Å². The van der Waals surface area contributed by atoms with Crippen LogP contribution in [0.1, 0.15) is 11.1 Å². The number of rotatable bonds is 5. The summed E-state index contributed by atoms with van der Waals surface area (Å²) in [5.41, 5.74) is 5.78. The third kappa shape index (κ3) is 4.49. The van der Waals surface area contributed by atoms with Gasteiger partial charge in [-0.2, -0.15) is 10.4 Å². The van der Waals surface area contributed by atoms with Gasteiger partial charge in [-0.15, -0.1) is 0 Å². The molecule has 3 aromatic carbocycles. The van der Waals surface area contributed by atoms with Crippen LogP contribution < -0.4 is 11.0 Å². The number of aromatic hydroxyl groups is 1. The summed E-state index contributed by atoms with van der Waals surface area (Å²) in [6.07, 6.45) is 1.59. The van der Waals surface area contributed by atoms with E-state index in [1.807, 2.05) is 54.6 Å². The minimum atomic E-state index is -0.537. The maximum atomic E-state index is 12.3. The van der Waals surface area contributed by atoms with Crippen molar-refractivity contribution in [3.8, 4) is 34.2 Å². The predicted molar refractivity (Wildman–Crippen MR) is 120 cm³/mol. The SMILES string of the molecule is N#Cc1c(-c2ccccc2)nc(NN=Cc2ccc(-c3cccc(O)c3)cc2)[nH]c1=O. The van der Waals surface area contributed by atoms with Gasteiger partial charge in [-0.05, 0) is 28.8 Å². The molecule has 0 unspecified atom stereocenters. The molecule has 0 aliphatic carbocycles. The minimum absolute atomic E-state index is 0.0525. The number of H-pyrrole nitrogens is 1. The molecule has 4 aromatic rings. The van der Waals surface area contributed by atoms with E-state index in [9.17, 15) is 15.2 Å². The van der Waals surface area contributed by atoms with Crippen molar-refractivity contribution in [3.05, 3.63) is 100 Å². The molecule has 1 heterocycles. The van der Waals surface area contributed by atoms with Crippen molar-refractivity contribution in [2.24, 2.45) is 5.10 Å². The van der Waals surface area contributed by atoms with Gasteiger partial charge in [-0.25, -0.2) is 10.4 Å². The zero-order chi connectivity index (χ0) is 21.6. The fourth-order valence-electron chi connectivity index (χ4n) is 3.05. The molecular weight excluding hydrogens is 390 g/mol. The van der Waals surface area contributed by atoms with Crippen molar-refractivity contribution in [2.75, 3.05) is 5.43 Å². The van der Waals surface area contributed by atoms with Gasteiger partial charge in [0.2, 0.25) is 5.95 Å². The summed E-state index contributed by atoms with van der Waals surface area (Å²) in [5, 5.41) is 23.1. The smallest absolute Gasteiger partial charge is 0.270 e. The number of phenols is 1. The first-order valence-corrected chi connectivity index (χ1v) is 9.42. The number of aromatic amines is 1. The minimum Gasteiger partial charge on any atom is -0.508 e. The van der Waals surface area contributed by atoms with E-state index in [0.29, 0.717) is 11.3 Å². The molecule has 4 rings (SSSR count). The monoisotopic (exact) mass is 407 g/mol. The lowest BCUT2D eigenvalue weighted by atomic mass is 10.0. The topological polar surface area (TPSA) is 114 Å². The number of hydrogen-bond acceptors (Lipinski definition) is 6. The van der Waals surface area contributed by atoms with Gasteiger partial charge >= 0.3 is 0 Å². The standard InChI is InChI=1S/C24H17N5O2/c25-14-21-22(18-5-2-1-3-6-18)27-24(28-23(21)31)29-26-15-16-9-11-17(12-10-16)19-7-4-8-20(30)13-19/h1-13,15,30H,(H2,27,28,29,31). The zero-order valence-electron chi connectivity index (χ0n) is 16.3. The number of hydrogen-bond donors (Lipinski definition) is 3. The van der Waals surface area contributed by atoms with Crippen LogP contribution in [0.25, 0.3) is 22.4 Å². The number of nitriles is 1. The van der Waals surface area contributed by atoms with Crippen LogP contribution in [0, 0.1) is 11.3 Å². The van der Waals surface area contributed by atoms with E-state index in [1.54, 1.807) is 36.5 Å². The van der Waals surface area contributed by atoms with Gasteiger partial charge in [0, 0.05) is 5.56 Å². The molecule has 0 atom stereocenters. The van der Waals surface area contributed by atoms with Crippen molar-refractivity contribution >= 4 is 12.2 Å². The number of phenolic OH excluding ortho intramolecular Hbond substituents is 1. The lowest BCUT2D eigenvalue weighted by Crippen LogP contribution is -2.16. The third-order valence-electron chi connectivity index (χ3n) is 4.55. The van der Waals surface area contributed by atoms with Crippen LogP contribution >= 0.6 is 0 Å². The maximum Gasteiger partial charge on any atom is 0.270 e. The highest BCUT2D eigenvalue weighted by Crippen LogP contribution is 2.23. The number of hydrazone groups is 1. The highest BCUT2D eigenvalue weighted by molar-refractivity contribution is 5.81. The van der Waals surface area contributed by atoms with Crippen molar-refractivity contribution in [1.29, 1.82) is 5.26 Å². The van der Waals surface area contributed by atoms with Crippen LogP contribution in [0.2, 0.25) is 0 Å². The summed E-state index contributed by atoms with van der Waals surface area (Å²) in [7, 11) is 0. The Balaban J connectivity index is 1.53. The Kier molecular flexibility index (Phi) is 5.54. The molecule has 0 bridgehead atoms. The molecule has 0 radical (unpaired) electrons. The maximum absolute atomic E-state index is 12.3. The van der Waals surface area contributed by atoms with Gasteiger partial charge < -0.3 is 5.11 Å². The summed E-state index contributed by atoms with van der Waals surface area (Å²) >= 11 is 0. The summed E-state index contributed by atoms with van der Waals surface area (Å²) in [6.45, 7) is 0. The van der Waals surface area contributed by atoms with Gasteiger partial charge in [0.25, 0.3) is 5.56 Å². The van der Waals surface area contributed by atoms with Crippen molar-refractivity contribution in [3.63, 3.8) is 0 Å². The number of anilines is 1. The molecule has 0 saturated carbocycles. The Morgan fingerprint density at radius 1 is 0.968 bits per heavy atom. The highest BCUT2D eigenvalue weighted by Gasteiger charge is 2.12. The van der Waals surface area contributed by atoms with Crippen LogP contribution in [0.5, 0.6) is 5.75 Å². The number of nitrogens with zero attached hydrogens (tertiary/aromatic N) is 3. The van der Waals surface area contributed by atoms with Crippen molar-refractivity contribution in [2.45, 2.75) is 0 Å². The summed E-state index contributed by atoms with van der Waals surface area (Å²) in [5.74, 6) is 0.349. The Bertz CT molecular complexity index is 1340. The Hall–Kier alpha value is -4.70. The quantitative estimate of drug-likeness (QED) is 0.340. The molecule has 7 nitrogen and oxygen atoms in total. The van der Waals surface area contributed by atoms with Crippen molar-refractivity contribution in [1.82, 2.24) is 9.97 Å². The van der Waals surface area contributed by atoms with Gasteiger partial charge in [0.05, 0.1) is 11.9 Å². The molecule has 0 spiro atoms. The lowest BCUT2D eigenvalue weighted by molar-refractivity contribution is 0.475. The average Bonchev–Trinajstić information content (AvgIpc) is 2.80. The largest absolute Gasteiger partial charge is 0.508 e. The van der Waals surface area contributed by atoms with E-state index >= 15 is 0 Å². The molecule has 7 heteroatoms. The fourth-order valence-corrected chi connectivity index (χ4v) is 3.05. The second kappa shape index (κ2) is 8.76. The first-order valence-electron chi connectivity index (χ1n) is 9.42. The Labute approximate surface area is 178 Å².